The number of carbonyl (C=O) groups excluding carboxylic acids is 2. The largest absolute Gasteiger partial charge is 0.487 e. The first kappa shape index (κ1) is 23.4. The molecule has 0 spiro atoms. The second-order valence-electron chi connectivity index (χ2n) is 7.87. The molecule has 2 aromatic rings. The van der Waals surface area contributed by atoms with E-state index in [9.17, 15) is 22.8 Å². The van der Waals surface area contributed by atoms with Gasteiger partial charge in [-0.1, -0.05) is 12.1 Å². The van der Waals surface area contributed by atoms with E-state index in [4.69, 9.17) is 4.74 Å². The minimum Gasteiger partial charge on any atom is -0.487 e. The van der Waals surface area contributed by atoms with Crippen molar-refractivity contribution in [3.63, 3.8) is 0 Å². The second kappa shape index (κ2) is 9.93. The van der Waals surface area contributed by atoms with Crippen LogP contribution >= 0.6 is 0 Å². The molecule has 6 nitrogen and oxygen atoms in total. The van der Waals surface area contributed by atoms with E-state index in [2.05, 4.69) is 10.1 Å². The number of ether oxygens (including phenoxy) is 2. The number of amides is 2. The fraction of sp³-hybridized carbons (Fsp3) is 0.391. The van der Waals surface area contributed by atoms with Crippen molar-refractivity contribution in [1.82, 2.24) is 4.90 Å². The molecule has 0 radical (unpaired) electrons. The summed E-state index contributed by atoms with van der Waals surface area (Å²) in [5.41, 5.74) is 1.02. The molecule has 1 heterocycles. The standard InChI is InChI=1S/C23H25F3N2O4/c1-13(2)31-20-9-15(7-8-19(20)32-23(25)26)16-10-21(29)28(12-16)14(3)22(30)27-18-6-4-5-17(24)11-18/h4-9,11,13-14,16,23H,10,12H2,1-3H3,(H,27,30). The molecule has 2 amide bonds. The number of halogens is 3. The van der Waals surface area contributed by atoms with Gasteiger partial charge in [0.15, 0.2) is 11.5 Å². The zero-order valence-electron chi connectivity index (χ0n) is 18.0. The molecule has 1 aliphatic heterocycles. The number of nitrogens with zero attached hydrogens (tertiary/aromatic N) is 1. The van der Waals surface area contributed by atoms with E-state index in [-0.39, 0.29) is 42.4 Å². The van der Waals surface area contributed by atoms with Crippen molar-refractivity contribution in [2.75, 3.05) is 11.9 Å². The van der Waals surface area contributed by atoms with Gasteiger partial charge in [0.25, 0.3) is 0 Å². The van der Waals surface area contributed by atoms with E-state index in [1.54, 1.807) is 39.0 Å². The van der Waals surface area contributed by atoms with Crippen LogP contribution in [0, 0.1) is 5.82 Å². The number of alkyl halides is 2. The highest BCUT2D eigenvalue weighted by molar-refractivity contribution is 5.97. The smallest absolute Gasteiger partial charge is 0.387 e. The van der Waals surface area contributed by atoms with Crippen molar-refractivity contribution in [2.24, 2.45) is 0 Å². The van der Waals surface area contributed by atoms with Crippen LogP contribution in [0.2, 0.25) is 0 Å². The first-order valence-corrected chi connectivity index (χ1v) is 10.3. The van der Waals surface area contributed by atoms with Crippen LogP contribution < -0.4 is 14.8 Å². The summed E-state index contributed by atoms with van der Waals surface area (Å²) in [6.07, 6.45) is -0.105. The SMILES string of the molecule is CC(C)Oc1cc(C2CC(=O)N(C(C)C(=O)Nc3cccc(F)c3)C2)ccc1OC(F)F. The fourth-order valence-electron chi connectivity index (χ4n) is 3.60. The van der Waals surface area contributed by atoms with Crippen LogP contribution in [0.5, 0.6) is 11.5 Å². The Kier molecular flexibility index (Phi) is 7.27. The molecule has 32 heavy (non-hydrogen) atoms. The van der Waals surface area contributed by atoms with Crippen LogP contribution in [0.1, 0.15) is 38.7 Å². The van der Waals surface area contributed by atoms with Gasteiger partial charge in [-0.3, -0.25) is 9.59 Å². The van der Waals surface area contributed by atoms with Gasteiger partial charge in [-0.05, 0) is 56.7 Å². The van der Waals surface area contributed by atoms with Gasteiger partial charge in [0.1, 0.15) is 11.9 Å². The number of rotatable bonds is 8. The van der Waals surface area contributed by atoms with Gasteiger partial charge in [-0.2, -0.15) is 8.78 Å². The molecule has 0 aliphatic carbocycles. The molecular formula is C23H25F3N2O4. The van der Waals surface area contributed by atoms with Gasteiger partial charge in [0, 0.05) is 24.6 Å². The topological polar surface area (TPSA) is 67.9 Å². The summed E-state index contributed by atoms with van der Waals surface area (Å²) in [5.74, 6) is -1.29. The Bertz CT molecular complexity index is 983. The van der Waals surface area contributed by atoms with Crippen molar-refractivity contribution in [3.05, 3.63) is 53.8 Å². The molecule has 0 saturated carbocycles. The molecule has 2 atom stereocenters. The first-order valence-electron chi connectivity index (χ1n) is 10.3. The van der Waals surface area contributed by atoms with Crippen LogP contribution in [0.3, 0.4) is 0 Å². The lowest BCUT2D eigenvalue weighted by Gasteiger charge is -2.24. The first-order chi connectivity index (χ1) is 15.1. The predicted molar refractivity (Wildman–Crippen MR) is 112 cm³/mol. The van der Waals surface area contributed by atoms with Gasteiger partial charge in [0.05, 0.1) is 6.10 Å². The normalized spacial score (nSPS) is 17.1. The molecule has 1 fully saturated rings. The van der Waals surface area contributed by atoms with E-state index in [1.165, 1.54) is 29.2 Å². The Morgan fingerprint density at radius 1 is 1.09 bits per heavy atom. The Morgan fingerprint density at radius 2 is 1.84 bits per heavy atom. The minimum absolute atomic E-state index is 0.0820. The van der Waals surface area contributed by atoms with E-state index in [0.29, 0.717) is 5.69 Å². The summed E-state index contributed by atoms with van der Waals surface area (Å²) in [6, 6.07) is 9.32. The number of anilines is 1. The summed E-state index contributed by atoms with van der Waals surface area (Å²) < 4.78 is 48.9. The molecule has 9 heteroatoms. The fourth-order valence-corrected chi connectivity index (χ4v) is 3.60. The van der Waals surface area contributed by atoms with E-state index < -0.39 is 24.4 Å². The third-order valence-electron chi connectivity index (χ3n) is 5.12. The lowest BCUT2D eigenvalue weighted by molar-refractivity contribution is -0.134. The van der Waals surface area contributed by atoms with Crippen molar-refractivity contribution in [1.29, 1.82) is 0 Å². The molecule has 1 saturated heterocycles. The van der Waals surface area contributed by atoms with Crippen molar-refractivity contribution in [2.45, 2.75) is 51.9 Å². The number of likely N-dealkylation sites (tertiary alicyclic amines) is 1. The Hall–Kier alpha value is -3.23. The highest BCUT2D eigenvalue weighted by atomic mass is 19.3. The summed E-state index contributed by atoms with van der Waals surface area (Å²) in [5, 5.41) is 2.61. The van der Waals surface area contributed by atoms with Crippen LogP contribution in [0.15, 0.2) is 42.5 Å². The average Bonchev–Trinajstić information content (AvgIpc) is 3.09. The third kappa shape index (κ3) is 5.72. The molecule has 1 aliphatic rings. The Labute approximate surface area is 184 Å². The Morgan fingerprint density at radius 3 is 2.50 bits per heavy atom. The quantitative estimate of drug-likeness (QED) is 0.641. The zero-order valence-corrected chi connectivity index (χ0v) is 18.0. The molecule has 0 bridgehead atoms. The summed E-state index contributed by atoms with van der Waals surface area (Å²) in [7, 11) is 0. The number of benzene rings is 2. The van der Waals surface area contributed by atoms with E-state index >= 15 is 0 Å². The molecule has 3 rings (SSSR count). The van der Waals surface area contributed by atoms with Crippen LogP contribution in [-0.2, 0) is 9.59 Å². The second-order valence-corrected chi connectivity index (χ2v) is 7.87. The zero-order chi connectivity index (χ0) is 23.4. The maximum absolute atomic E-state index is 13.4. The summed E-state index contributed by atoms with van der Waals surface area (Å²) in [4.78, 5) is 26.7. The lowest BCUT2D eigenvalue weighted by atomic mass is 9.98. The predicted octanol–water partition coefficient (Wildman–Crippen LogP) is 4.56. The van der Waals surface area contributed by atoms with Gasteiger partial charge >= 0.3 is 6.61 Å². The van der Waals surface area contributed by atoms with Crippen molar-refractivity contribution >= 4 is 17.5 Å². The summed E-state index contributed by atoms with van der Waals surface area (Å²) in [6.45, 7) is 2.41. The number of carbonyl (C=O) groups is 2. The Balaban J connectivity index is 1.73. The molecule has 0 aromatic heterocycles. The molecule has 2 unspecified atom stereocenters. The lowest BCUT2D eigenvalue weighted by Crippen LogP contribution is -2.42. The molecule has 2 aromatic carbocycles. The van der Waals surface area contributed by atoms with Crippen LogP contribution in [0.25, 0.3) is 0 Å². The van der Waals surface area contributed by atoms with Gasteiger partial charge < -0.3 is 19.7 Å². The average molecular weight is 450 g/mol. The monoisotopic (exact) mass is 450 g/mol. The van der Waals surface area contributed by atoms with Crippen molar-refractivity contribution in [3.8, 4) is 11.5 Å². The summed E-state index contributed by atoms with van der Waals surface area (Å²) >= 11 is 0. The highest BCUT2D eigenvalue weighted by Gasteiger charge is 2.36. The molecular weight excluding hydrogens is 425 g/mol. The maximum Gasteiger partial charge on any atom is 0.387 e. The highest BCUT2D eigenvalue weighted by Crippen LogP contribution is 2.36. The number of nitrogens with one attached hydrogen (secondary N) is 1. The van der Waals surface area contributed by atoms with Gasteiger partial charge in [-0.25, -0.2) is 4.39 Å². The van der Waals surface area contributed by atoms with Gasteiger partial charge in [0.2, 0.25) is 11.8 Å². The van der Waals surface area contributed by atoms with E-state index in [1.807, 2.05) is 0 Å². The van der Waals surface area contributed by atoms with Gasteiger partial charge in [-0.15, -0.1) is 0 Å². The molecule has 1 N–H and O–H groups in total. The van der Waals surface area contributed by atoms with Crippen LogP contribution in [-0.4, -0.2) is 42.0 Å². The molecule has 172 valence electrons. The maximum atomic E-state index is 13.4. The third-order valence-corrected chi connectivity index (χ3v) is 5.12. The van der Waals surface area contributed by atoms with Crippen molar-refractivity contribution < 1.29 is 32.2 Å². The minimum atomic E-state index is -2.99. The van der Waals surface area contributed by atoms with E-state index in [0.717, 1.165) is 5.56 Å². The number of hydrogen-bond donors (Lipinski definition) is 1. The number of hydrogen-bond acceptors (Lipinski definition) is 4. The van der Waals surface area contributed by atoms with Crippen LogP contribution in [0.4, 0.5) is 18.9 Å².